The van der Waals surface area contributed by atoms with E-state index in [0.717, 1.165) is 6.42 Å². The van der Waals surface area contributed by atoms with Gasteiger partial charge in [-0.15, -0.1) is 0 Å². The number of aromatic carboxylic acids is 1. The number of carbonyl (C=O) groups is 1. The summed E-state index contributed by atoms with van der Waals surface area (Å²) in [4.78, 5) is 14.7. The van der Waals surface area contributed by atoms with Crippen molar-refractivity contribution >= 4 is 5.97 Å². The molecule has 86 valence electrons. The molecule has 1 aliphatic carbocycles. The van der Waals surface area contributed by atoms with Gasteiger partial charge in [0.05, 0.1) is 0 Å². The molecule has 1 aromatic heterocycles. The van der Waals surface area contributed by atoms with Crippen molar-refractivity contribution in [3.63, 3.8) is 0 Å². The van der Waals surface area contributed by atoms with Crippen molar-refractivity contribution in [3.8, 4) is 0 Å². The Morgan fingerprint density at radius 2 is 2.06 bits per heavy atom. The highest BCUT2D eigenvalue weighted by atomic mass is 16.4. The molecule has 1 aliphatic rings. The van der Waals surface area contributed by atoms with Crippen LogP contribution in [-0.2, 0) is 0 Å². The Bertz CT molecular complexity index is 547. The molecular weight excluding hydrogens is 218 g/mol. The monoisotopic (exact) mass is 229 g/mol. The first-order valence-corrected chi connectivity index (χ1v) is 5.49. The van der Waals surface area contributed by atoms with Gasteiger partial charge in [0.25, 0.3) is 0 Å². The van der Waals surface area contributed by atoms with Gasteiger partial charge in [-0.2, -0.15) is 0 Å². The standard InChI is InChI=1S/C13H11NO3/c15-13(16)11-7-17-12(14-11)10-6-9(10)8-4-2-1-3-5-8/h1-5,7,9-10H,6H2,(H,15,16). The van der Waals surface area contributed by atoms with E-state index in [9.17, 15) is 4.79 Å². The lowest BCUT2D eigenvalue weighted by Crippen LogP contribution is -1.96. The molecule has 0 spiro atoms. The Hall–Kier alpha value is -2.10. The minimum atomic E-state index is -1.04. The maximum absolute atomic E-state index is 10.7. The Labute approximate surface area is 97.9 Å². The fourth-order valence-electron chi connectivity index (χ4n) is 2.09. The van der Waals surface area contributed by atoms with Crippen LogP contribution in [0.15, 0.2) is 41.0 Å². The lowest BCUT2D eigenvalue weighted by molar-refractivity contribution is 0.0690. The highest BCUT2D eigenvalue weighted by Gasteiger charge is 2.43. The van der Waals surface area contributed by atoms with Gasteiger partial charge in [-0.1, -0.05) is 30.3 Å². The summed E-state index contributed by atoms with van der Waals surface area (Å²) < 4.78 is 5.21. The molecule has 0 bridgehead atoms. The van der Waals surface area contributed by atoms with Gasteiger partial charge in [0.15, 0.2) is 11.6 Å². The normalized spacial score (nSPS) is 22.4. The second-order valence-electron chi connectivity index (χ2n) is 4.24. The van der Waals surface area contributed by atoms with Crippen LogP contribution in [0.4, 0.5) is 0 Å². The van der Waals surface area contributed by atoms with E-state index in [2.05, 4.69) is 17.1 Å². The van der Waals surface area contributed by atoms with E-state index in [1.165, 1.54) is 11.8 Å². The molecule has 0 aliphatic heterocycles. The zero-order valence-corrected chi connectivity index (χ0v) is 9.04. The fourth-order valence-corrected chi connectivity index (χ4v) is 2.09. The van der Waals surface area contributed by atoms with Gasteiger partial charge in [-0.25, -0.2) is 9.78 Å². The second-order valence-corrected chi connectivity index (χ2v) is 4.24. The topological polar surface area (TPSA) is 63.3 Å². The average Bonchev–Trinajstić information content (AvgIpc) is 2.99. The van der Waals surface area contributed by atoms with Crippen LogP contribution in [-0.4, -0.2) is 16.1 Å². The van der Waals surface area contributed by atoms with Crippen molar-refractivity contribution in [2.24, 2.45) is 0 Å². The first-order valence-electron chi connectivity index (χ1n) is 5.49. The maximum Gasteiger partial charge on any atom is 0.357 e. The van der Waals surface area contributed by atoms with Gasteiger partial charge in [-0.05, 0) is 17.9 Å². The van der Waals surface area contributed by atoms with Gasteiger partial charge < -0.3 is 9.52 Å². The molecule has 4 heteroatoms. The van der Waals surface area contributed by atoms with Crippen LogP contribution < -0.4 is 0 Å². The number of aromatic nitrogens is 1. The maximum atomic E-state index is 10.7. The Morgan fingerprint density at radius 1 is 1.29 bits per heavy atom. The number of oxazole rings is 1. The molecule has 4 nitrogen and oxygen atoms in total. The second kappa shape index (κ2) is 3.73. The predicted molar refractivity (Wildman–Crippen MR) is 60.0 cm³/mol. The van der Waals surface area contributed by atoms with E-state index in [1.807, 2.05) is 18.2 Å². The Kier molecular flexibility index (Phi) is 2.21. The summed E-state index contributed by atoms with van der Waals surface area (Å²) in [5.41, 5.74) is 1.24. The zero-order valence-electron chi connectivity index (χ0n) is 9.04. The highest BCUT2D eigenvalue weighted by Crippen LogP contribution is 2.54. The Balaban J connectivity index is 1.78. The van der Waals surface area contributed by atoms with Crippen molar-refractivity contribution in [2.75, 3.05) is 0 Å². The number of hydrogen-bond acceptors (Lipinski definition) is 3. The Morgan fingerprint density at radius 3 is 2.71 bits per heavy atom. The van der Waals surface area contributed by atoms with E-state index in [-0.39, 0.29) is 11.6 Å². The summed E-state index contributed by atoms with van der Waals surface area (Å²) in [6.45, 7) is 0. The smallest absolute Gasteiger partial charge is 0.357 e. The fraction of sp³-hybridized carbons (Fsp3) is 0.231. The van der Waals surface area contributed by atoms with Crippen LogP contribution in [0.1, 0.15) is 40.2 Å². The van der Waals surface area contributed by atoms with Crippen molar-refractivity contribution in [1.29, 1.82) is 0 Å². The van der Waals surface area contributed by atoms with Crippen molar-refractivity contribution in [3.05, 3.63) is 53.7 Å². The molecule has 17 heavy (non-hydrogen) atoms. The summed E-state index contributed by atoms with van der Waals surface area (Å²) in [5, 5.41) is 8.76. The minimum Gasteiger partial charge on any atom is -0.476 e. The zero-order chi connectivity index (χ0) is 11.8. The van der Waals surface area contributed by atoms with Gasteiger partial charge >= 0.3 is 5.97 Å². The first kappa shape index (κ1) is 10.1. The van der Waals surface area contributed by atoms with E-state index >= 15 is 0 Å². The SMILES string of the molecule is O=C(O)c1coc(C2CC2c2ccccc2)n1. The van der Waals surface area contributed by atoms with Crippen LogP contribution in [0, 0.1) is 0 Å². The lowest BCUT2D eigenvalue weighted by Gasteiger charge is -1.96. The molecule has 2 unspecified atom stereocenters. The third kappa shape index (κ3) is 1.82. The number of benzene rings is 1. The third-order valence-electron chi connectivity index (χ3n) is 3.08. The summed E-state index contributed by atoms with van der Waals surface area (Å²) >= 11 is 0. The lowest BCUT2D eigenvalue weighted by atomic mass is 10.1. The minimum absolute atomic E-state index is 0.0151. The number of carboxylic acids is 1. The van der Waals surface area contributed by atoms with Crippen molar-refractivity contribution < 1.29 is 14.3 Å². The van der Waals surface area contributed by atoms with Crippen LogP contribution in [0.3, 0.4) is 0 Å². The van der Waals surface area contributed by atoms with E-state index in [1.54, 1.807) is 0 Å². The van der Waals surface area contributed by atoms with Crippen LogP contribution in [0.2, 0.25) is 0 Å². The summed E-state index contributed by atoms with van der Waals surface area (Å²) in [6.07, 6.45) is 2.18. The number of rotatable bonds is 3. The van der Waals surface area contributed by atoms with Crippen LogP contribution in [0.25, 0.3) is 0 Å². The van der Waals surface area contributed by atoms with Gasteiger partial charge in [0.2, 0.25) is 0 Å². The van der Waals surface area contributed by atoms with Gasteiger partial charge in [0, 0.05) is 5.92 Å². The first-order chi connectivity index (χ1) is 8.25. The van der Waals surface area contributed by atoms with Crippen molar-refractivity contribution in [1.82, 2.24) is 4.98 Å². The molecule has 3 rings (SSSR count). The third-order valence-corrected chi connectivity index (χ3v) is 3.08. The largest absolute Gasteiger partial charge is 0.476 e. The van der Waals surface area contributed by atoms with Gasteiger partial charge in [-0.3, -0.25) is 0 Å². The molecule has 1 aromatic carbocycles. The number of hydrogen-bond donors (Lipinski definition) is 1. The molecule has 0 saturated heterocycles. The van der Waals surface area contributed by atoms with Crippen LogP contribution >= 0.6 is 0 Å². The van der Waals surface area contributed by atoms with E-state index < -0.39 is 5.97 Å². The van der Waals surface area contributed by atoms with Gasteiger partial charge in [0.1, 0.15) is 6.26 Å². The quantitative estimate of drug-likeness (QED) is 0.878. The summed E-state index contributed by atoms with van der Waals surface area (Å²) in [7, 11) is 0. The summed E-state index contributed by atoms with van der Waals surface area (Å²) in [6, 6.07) is 10.1. The molecule has 1 saturated carbocycles. The average molecular weight is 229 g/mol. The van der Waals surface area contributed by atoms with Crippen molar-refractivity contribution in [2.45, 2.75) is 18.3 Å². The summed E-state index contributed by atoms with van der Waals surface area (Å²) in [5.74, 6) is 0.134. The predicted octanol–water partition coefficient (Wildman–Crippen LogP) is 2.64. The van der Waals surface area contributed by atoms with E-state index in [0.29, 0.717) is 11.8 Å². The molecule has 1 heterocycles. The number of carboxylic acid groups (broad SMARTS) is 1. The molecule has 2 atom stereocenters. The molecule has 0 radical (unpaired) electrons. The highest BCUT2D eigenvalue weighted by molar-refractivity contribution is 5.84. The van der Waals surface area contributed by atoms with Crippen LogP contribution in [0.5, 0.6) is 0 Å². The molecule has 2 aromatic rings. The molecule has 1 fully saturated rings. The molecule has 1 N–H and O–H groups in total. The van der Waals surface area contributed by atoms with E-state index in [4.69, 9.17) is 9.52 Å². The molecule has 0 amide bonds. The molecular formula is C13H11NO3. The number of nitrogens with zero attached hydrogens (tertiary/aromatic N) is 1.